The molecule has 0 aromatic rings. The second kappa shape index (κ2) is 24.8. The molecule has 0 unspecified atom stereocenters. The molecule has 0 aromatic carbocycles. The van der Waals surface area contributed by atoms with Gasteiger partial charge in [0.1, 0.15) is 5.78 Å². The monoisotopic (exact) mass is 570 g/mol. The Labute approximate surface area is 247 Å². The van der Waals surface area contributed by atoms with Crippen molar-refractivity contribution in [2.75, 3.05) is 19.7 Å². The number of amides is 2. The van der Waals surface area contributed by atoms with Crippen LogP contribution in [0.15, 0.2) is 0 Å². The van der Waals surface area contributed by atoms with Gasteiger partial charge in [-0.2, -0.15) is 0 Å². The van der Waals surface area contributed by atoms with E-state index in [2.05, 4.69) is 37.7 Å². The molecule has 7 heteroatoms. The Kier molecular flexibility index (Phi) is 26.4. The maximum atomic E-state index is 11.4. The van der Waals surface area contributed by atoms with Crippen molar-refractivity contribution in [1.29, 1.82) is 0 Å². The number of hydrogen-bond donors (Lipinski definition) is 1. The largest absolute Gasteiger partial charge is 0.466 e. The highest BCUT2D eigenvalue weighted by atomic mass is 16.5. The average molecular weight is 571 g/mol. The van der Waals surface area contributed by atoms with Gasteiger partial charge in [0.2, 0.25) is 11.8 Å². The average Bonchev–Trinajstić information content (AvgIpc) is 3.51. The molecule has 1 aliphatic heterocycles. The van der Waals surface area contributed by atoms with Gasteiger partial charge in [-0.05, 0) is 44.9 Å². The molecule has 1 saturated heterocycles. The van der Waals surface area contributed by atoms with Crippen LogP contribution in [-0.2, 0) is 23.9 Å². The lowest BCUT2D eigenvalue weighted by molar-refractivity contribution is -0.146. The first-order valence-corrected chi connectivity index (χ1v) is 15.6. The molecule has 2 fully saturated rings. The molecule has 40 heavy (non-hydrogen) atoms. The van der Waals surface area contributed by atoms with Crippen LogP contribution in [0.4, 0.5) is 0 Å². The first kappa shape index (κ1) is 42.5. The van der Waals surface area contributed by atoms with Crippen LogP contribution >= 0.6 is 0 Å². The van der Waals surface area contributed by atoms with Gasteiger partial charge in [0, 0.05) is 36.9 Å². The number of ether oxygens (including phenoxy) is 1. The van der Waals surface area contributed by atoms with E-state index in [4.69, 9.17) is 0 Å². The van der Waals surface area contributed by atoms with E-state index in [9.17, 15) is 19.2 Å². The number of esters is 1. The molecule has 2 rings (SSSR count). The van der Waals surface area contributed by atoms with Gasteiger partial charge in [-0.3, -0.25) is 19.2 Å². The molecule has 0 radical (unpaired) electrons. The number of carbonyl (C=O) groups excluding carboxylic acids is 4. The highest BCUT2D eigenvalue weighted by Gasteiger charge is 2.24. The van der Waals surface area contributed by atoms with Crippen molar-refractivity contribution in [1.82, 2.24) is 10.2 Å². The van der Waals surface area contributed by atoms with Crippen molar-refractivity contribution in [3.63, 3.8) is 0 Å². The summed E-state index contributed by atoms with van der Waals surface area (Å²) < 4.78 is 4.66. The molecule has 2 amide bonds. The van der Waals surface area contributed by atoms with E-state index in [1.54, 1.807) is 13.8 Å². The van der Waals surface area contributed by atoms with Gasteiger partial charge in [0.05, 0.1) is 12.5 Å². The second-order valence-corrected chi connectivity index (χ2v) is 12.9. The summed E-state index contributed by atoms with van der Waals surface area (Å²) >= 11 is 0. The maximum Gasteiger partial charge on any atom is 0.308 e. The number of ketones is 1. The Hall–Kier alpha value is -1.92. The molecule has 1 heterocycles. The Morgan fingerprint density at radius 1 is 0.775 bits per heavy atom. The quantitative estimate of drug-likeness (QED) is 0.338. The van der Waals surface area contributed by atoms with Gasteiger partial charge in [-0.1, -0.05) is 95.9 Å². The van der Waals surface area contributed by atoms with Gasteiger partial charge in [0.15, 0.2) is 0 Å². The molecule has 1 saturated carbocycles. The second-order valence-electron chi connectivity index (χ2n) is 12.9. The van der Waals surface area contributed by atoms with Crippen LogP contribution in [0, 0.1) is 35.5 Å². The molecule has 0 spiro atoms. The van der Waals surface area contributed by atoms with Gasteiger partial charge in [0.25, 0.3) is 0 Å². The van der Waals surface area contributed by atoms with Crippen molar-refractivity contribution in [2.24, 2.45) is 35.5 Å². The van der Waals surface area contributed by atoms with E-state index in [0.29, 0.717) is 24.5 Å². The molecular formula is C33H66N2O5. The van der Waals surface area contributed by atoms with E-state index in [1.165, 1.54) is 32.1 Å². The van der Waals surface area contributed by atoms with E-state index in [0.717, 1.165) is 19.0 Å². The SMILES string of the molecule is CC(=O)C(C)C.CC(C)C.CC(C)C(=O)N1CC[C@@H](C)C1.CC(C)C(=O)NC1CCCC1.CCOC(=O)C(C)C. The summed E-state index contributed by atoms with van der Waals surface area (Å²) in [5.41, 5.74) is 0. The van der Waals surface area contributed by atoms with Crippen LogP contribution < -0.4 is 5.32 Å². The summed E-state index contributed by atoms with van der Waals surface area (Å²) in [6.07, 6.45) is 6.10. The summed E-state index contributed by atoms with van der Waals surface area (Å²) in [5, 5.41) is 3.04. The predicted molar refractivity (Wildman–Crippen MR) is 168 cm³/mol. The zero-order valence-electron chi connectivity index (χ0n) is 28.7. The van der Waals surface area contributed by atoms with Gasteiger partial charge >= 0.3 is 5.97 Å². The number of carbonyl (C=O) groups is 4. The molecule has 1 atom stereocenters. The zero-order valence-corrected chi connectivity index (χ0v) is 28.7. The van der Waals surface area contributed by atoms with Gasteiger partial charge in [-0.25, -0.2) is 0 Å². The van der Waals surface area contributed by atoms with Gasteiger partial charge in [-0.15, -0.1) is 0 Å². The van der Waals surface area contributed by atoms with Crippen molar-refractivity contribution in [3.8, 4) is 0 Å². The first-order valence-electron chi connectivity index (χ1n) is 15.6. The smallest absolute Gasteiger partial charge is 0.308 e. The fourth-order valence-corrected chi connectivity index (χ4v) is 3.25. The van der Waals surface area contributed by atoms with Gasteiger partial charge < -0.3 is 15.0 Å². The summed E-state index contributed by atoms with van der Waals surface area (Å²) in [4.78, 5) is 45.2. The predicted octanol–water partition coefficient (Wildman–Crippen LogP) is 7.31. The third-order valence-corrected chi connectivity index (χ3v) is 6.03. The number of likely N-dealkylation sites (tertiary alicyclic amines) is 1. The van der Waals surface area contributed by atoms with Crippen molar-refractivity contribution in [2.45, 2.75) is 135 Å². The van der Waals surface area contributed by atoms with Crippen molar-refractivity contribution < 1.29 is 23.9 Å². The van der Waals surface area contributed by atoms with Crippen LogP contribution in [0.5, 0.6) is 0 Å². The molecule has 1 aliphatic carbocycles. The summed E-state index contributed by atoms with van der Waals surface area (Å²) in [7, 11) is 0. The Balaban J connectivity index is -0.000000447. The summed E-state index contributed by atoms with van der Waals surface area (Å²) in [6, 6.07) is 0.477. The molecular weight excluding hydrogens is 504 g/mol. The van der Waals surface area contributed by atoms with Crippen LogP contribution in [-0.4, -0.2) is 54.2 Å². The minimum absolute atomic E-state index is 0.00921. The topological polar surface area (TPSA) is 92.8 Å². The lowest BCUT2D eigenvalue weighted by Crippen LogP contribution is -2.35. The number of nitrogens with one attached hydrogen (secondary N) is 1. The van der Waals surface area contributed by atoms with E-state index in [1.807, 2.05) is 60.3 Å². The fraction of sp³-hybridized carbons (Fsp3) is 0.879. The maximum absolute atomic E-state index is 11.4. The number of hydrogen-bond acceptors (Lipinski definition) is 5. The van der Waals surface area contributed by atoms with Crippen molar-refractivity contribution >= 4 is 23.6 Å². The molecule has 0 aromatic heterocycles. The molecule has 0 bridgehead atoms. The molecule has 238 valence electrons. The summed E-state index contributed by atoms with van der Waals surface area (Å²) in [5.74, 6) is 2.72. The minimum Gasteiger partial charge on any atom is -0.466 e. The third kappa shape index (κ3) is 26.3. The Morgan fingerprint density at radius 2 is 1.23 bits per heavy atom. The van der Waals surface area contributed by atoms with Crippen LogP contribution in [0.2, 0.25) is 0 Å². The highest BCUT2D eigenvalue weighted by Crippen LogP contribution is 2.18. The Bertz CT molecular complexity index is 678. The van der Waals surface area contributed by atoms with Crippen LogP contribution in [0.3, 0.4) is 0 Å². The van der Waals surface area contributed by atoms with Crippen molar-refractivity contribution in [3.05, 3.63) is 0 Å². The third-order valence-electron chi connectivity index (χ3n) is 6.03. The van der Waals surface area contributed by atoms with Crippen LogP contribution in [0.1, 0.15) is 129 Å². The lowest BCUT2D eigenvalue weighted by Gasteiger charge is -2.17. The number of rotatable bonds is 6. The summed E-state index contributed by atoms with van der Waals surface area (Å²) in [6.45, 7) is 29.7. The zero-order chi connectivity index (χ0) is 32.0. The number of Topliss-reactive ketones (excluding diaryl/α,β-unsaturated/α-hetero) is 1. The minimum atomic E-state index is -0.118. The molecule has 7 nitrogen and oxygen atoms in total. The first-order chi connectivity index (χ1) is 18.4. The molecule has 1 N–H and O–H groups in total. The fourth-order valence-electron chi connectivity index (χ4n) is 3.25. The normalized spacial score (nSPS) is 16.3. The highest BCUT2D eigenvalue weighted by molar-refractivity contribution is 5.78. The Morgan fingerprint density at radius 3 is 1.48 bits per heavy atom. The standard InChI is InChI=1S/2C9H17NO.C6H12O2.C5H10O.C4H10/c1-7(2)9(11)10-5-4-8(3)6-10;1-7(2)9(11)10-8-5-3-4-6-8;1-4-8-6(7)5(2)3;1-4(2)5(3)6;1-4(2)3/h7-8H,4-6H2,1-3H3;7-8H,3-6H2,1-2H3,(H,10,11);5H,4H2,1-3H3;4H,1-3H3;4H,1-3H3/t8-;;;;/m1..../s1. The van der Waals surface area contributed by atoms with Crippen LogP contribution in [0.25, 0.3) is 0 Å². The lowest BCUT2D eigenvalue weighted by atomic mass is 10.1. The van der Waals surface area contributed by atoms with E-state index >= 15 is 0 Å². The molecule has 2 aliphatic rings. The van der Waals surface area contributed by atoms with E-state index < -0.39 is 0 Å². The van der Waals surface area contributed by atoms with E-state index in [-0.39, 0.29) is 41.3 Å². The number of nitrogens with zero attached hydrogens (tertiary/aromatic N) is 1.